The molecule has 206 valence electrons. The average Bonchev–Trinajstić information content (AvgIpc) is 3.31. The van der Waals surface area contributed by atoms with Gasteiger partial charge < -0.3 is 9.64 Å². The van der Waals surface area contributed by atoms with Crippen molar-refractivity contribution in [1.82, 2.24) is 20.0 Å². The van der Waals surface area contributed by atoms with Crippen LogP contribution in [0.2, 0.25) is 0 Å². The van der Waals surface area contributed by atoms with Crippen LogP contribution in [-0.4, -0.2) is 64.6 Å². The van der Waals surface area contributed by atoms with Crippen molar-refractivity contribution in [2.75, 3.05) is 26.2 Å². The minimum atomic E-state index is -0.634. The van der Waals surface area contributed by atoms with Gasteiger partial charge in [-0.05, 0) is 35.2 Å². The zero-order valence-corrected chi connectivity index (χ0v) is 22.6. The molecule has 0 bridgehead atoms. The first-order valence-corrected chi connectivity index (χ1v) is 14.0. The van der Waals surface area contributed by atoms with E-state index in [-0.39, 0.29) is 18.2 Å². The van der Waals surface area contributed by atoms with E-state index in [0.29, 0.717) is 30.9 Å². The number of hydrogen-bond donors (Lipinski definition) is 1. The molecule has 3 heterocycles. The number of hydrogen-bond acceptors (Lipinski definition) is 6. The quantitative estimate of drug-likeness (QED) is 0.443. The third-order valence-electron chi connectivity index (χ3n) is 8.08. The number of imide groups is 1. The zero-order valence-electron chi connectivity index (χ0n) is 22.6. The van der Waals surface area contributed by atoms with Gasteiger partial charge in [0.15, 0.2) is 0 Å². The summed E-state index contributed by atoms with van der Waals surface area (Å²) in [5.74, 6) is -0.241. The molecule has 40 heavy (non-hydrogen) atoms. The van der Waals surface area contributed by atoms with Crippen LogP contribution in [0.15, 0.2) is 72.8 Å². The molecular weight excluding hydrogens is 504 g/mol. The lowest BCUT2D eigenvalue weighted by Gasteiger charge is -2.34. The predicted molar refractivity (Wildman–Crippen MR) is 150 cm³/mol. The molecule has 0 radical (unpaired) electrons. The smallest absolute Gasteiger partial charge is 0.255 e. The summed E-state index contributed by atoms with van der Waals surface area (Å²) in [7, 11) is 0. The molecule has 0 spiro atoms. The van der Waals surface area contributed by atoms with Crippen LogP contribution in [0.5, 0.6) is 5.75 Å². The van der Waals surface area contributed by atoms with E-state index in [1.165, 1.54) is 11.1 Å². The van der Waals surface area contributed by atoms with Gasteiger partial charge in [-0.25, -0.2) is 0 Å². The first-order chi connectivity index (χ1) is 19.5. The van der Waals surface area contributed by atoms with Gasteiger partial charge in [-0.2, -0.15) is 0 Å². The van der Waals surface area contributed by atoms with E-state index < -0.39 is 11.9 Å². The Labute approximate surface area is 234 Å². The van der Waals surface area contributed by atoms with Crippen molar-refractivity contribution in [1.29, 1.82) is 0 Å². The topological polar surface area (TPSA) is 82.2 Å². The van der Waals surface area contributed by atoms with E-state index in [0.717, 1.165) is 50.4 Å². The molecule has 3 amide bonds. The number of ether oxygens (including phenoxy) is 1. The minimum absolute atomic E-state index is 0.194. The molecule has 3 aromatic carbocycles. The second-order valence-electron chi connectivity index (χ2n) is 10.8. The second kappa shape index (κ2) is 11.6. The third-order valence-corrected chi connectivity index (χ3v) is 8.08. The van der Waals surface area contributed by atoms with Crippen LogP contribution in [0, 0.1) is 0 Å². The van der Waals surface area contributed by atoms with Crippen LogP contribution < -0.4 is 10.1 Å². The van der Waals surface area contributed by atoms with E-state index in [1.807, 2.05) is 12.1 Å². The van der Waals surface area contributed by atoms with Gasteiger partial charge in [0.25, 0.3) is 5.91 Å². The fourth-order valence-electron chi connectivity index (χ4n) is 5.80. The Balaban J connectivity index is 1.01. The van der Waals surface area contributed by atoms with Crippen LogP contribution in [0.3, 0.4) is 0 Å². The molecule has 2 saturated heterocycles. The molecule has 0 aromatic heterocycles. The molecule has 8 heteroatoms. The monoisotopic (exact) mass is 538 g/mol. The lowest BCUT2D eigenvalue weighted by atomic mass is 10.0. The Morgan fingerprint density at radius 1 is 0.750 bits per heavy atom. The highest BCUT2D eigenvalue weighted by Gasteiger charge is 2.40. The van der Waals surface area contributed by atoms with Crippen molar-refractivity contribution in [3.05, 3.63) is 101 Å². The molecular formula is C32H34N4O4. The Morgan fingerprint density at radius 2 is 1.40 bits per heavy atom. The number of nitrogens with zero attached hydrogens (tertiary/aromatic N) is 3. The minimum Gasteiger partial charge on any atom is -0.489 e. The molecule has 0 aliphatic carbocycles. The van der Waals surface area contributed by atoms with Crippen molar-refractivity contribution in [2.45, 2.75) is 45.1 Å². The van der Waals surface area contributed by atoms with E-state index in [1.54, 1.807) is 11.0 Å². The van der Waals surface area contributed by atoms with Crippen LogP contribution in [0.4, 0.5) is 0 Å². The van der Waals surface area contributed by atoms with Crippen LogP contribution in [0.25, 0.3) is 0 Å². The maximum absolute atomic E-state index is 13.0. The molecule has 1 N–H and O–H groups in total. The summed E-state index contributed by atoms with van der Waals surface area (Å²) in [6.45, 7) is 6.91. The van der Waals surface area contributed by atoms with Crippen LogP contribution in [0.1, 0.15) is 45.5 Å². The Morgan fingerprint density at radius 3 is 2.08 bits per heavy atom. The summed E-state index contributed by atoms with van der Waals surface area (Å²) >= 11 is 0. The van der Waals surface area contributed by atoms with Crippen molar-refractivity contribution in [2.24, 2.45) is 0 Å². The first-order valence-electron chi connectivity index (χ1n) is 14.0. The van der Waals surface area contributed by atoms with Gasteiger partial charge in [-0.1, -0.05) is 60.7 Å². The van der Waals surface area contributed by atoms with Gasteiger partial charge in [-0.15, -0.1) is 0 Å². The molecule has 1 atom stereocenters. The van der Waals surface area contributed by atoms with Crippen molar-refractivity contribution < 1.29 is 19.1 Å². The Kier molecular flexibility index (Phi) is 7.62. The summed E-state index contributed by atoms with van der Waals surface area (Å²) in [4.78, 5) is 43.5. The van der Waals surface area contributed by atoms with Gasteiger partial charge in [0.2, 0.25) is 11.8 Å². The number of nitrogens with one attached hydrogen (secondary N) is 1. The SMILES string of the molecule is O=C1CCC(N2Cc3c(OCc4ccc(CN5CCN(Cc6ccccc6)CC5)cc4)cccc3C2=O)C(=O)N1. The van der Waals surface area contributed by atoms with E-state index in [9.17, 15) is 14.4 Å². The van der Waals surface area contributed by atoms with Gasteiger partial charge in [0, 0.05) is 56.8 Å². The standard InChI is InChI=1S/C32H34N4O4/c37-30-14-13-28(31(38)33-30)36-21-27-26(32(36)39)7-4-8-29(27)40-22-25-11-9-24(10-12-25)20-35-17-15-34(16-18-35)19-23-5-2-1-3-6-23/h1-12,28H,13-22H2,(H,33,37,38). The highest BCUT2D eigenvalue weighted by Crippen LogP contribution is 2.34. The summed E-state index contributed by atoms with van der Waals surface area (Å²) in [6.07, 6.45) is 0.580. The van der Waals surface area contributed by atoms with Gasteiger partial charge in [0.1, 0.15) is 18.4 Å². The van der Waals surface area contributed by atoms with Crippen molar-refractivity contribution >= 4 is 17.7 Å². The van der Waals surface area contributed by atoms with Gasteiger partial charge in [-0.3, -0.25) is 29.5 Å². The van der Waals surface area contributed by atoms with Crippen molar-refractivity contribution in [3.8, 4) is 5.75 Å². The summed E-state index contributed by atoms with van der Waals surface area (Å²) < 4.78 is 6.16. The van der Waals surface area contributed by atoms with E-state index in [2.05, 4.69) is 69.7 Å². The molecule has 3 aliphatic heterocycles. The summed E-state index contributed by atoms with van der Waals surface area (Å²) in [5.41, 5.74) is 5.06. The molecule has 6 rings (SSSR count). The zero-order chi connectivity index (χ0) is 27.5. The van der Waals surface area contributed by atoms with Gasteiger partial charge in [0.05, 0.1) is 6.54 Å². The van der Waals surface area contributed by atoms with Crippen molar-refractivity contribution in [3.63, 3.8) is 0 Å². The molecule has 3 aliphatic rings. The molecule has 1 unspecified atom stereocenters. The molecule has 0 saturated carbocycles. The highest BCUT2D eigenvalue weighted by atomic mass is 16.5. The maximum Gasteiger partial charge on any atom is 0.255 e. The number of amides is 3. The lowest BCUT2D eigenvalue weighted by molar-refractivity contribution is -0.136. The van der Waals surface area contributed by atoms with Crippen LogP contribution in [-0.2, 0) is 35.8 Å². The fourth-order valence-corrected chi connectivity index (χ4v) is 5.80. The maximum atomic E-state index is 13.0. The second-order valence-corrected chi connectivity index (χ2v) is 10.8. The predicted octanol–water partition coefficient (Wildman–Crippen LogP) is 3.34. The number of rotatable bonds is 8. The fraction of sp³-hybridized carbons (Fsp3) is 0.344. The lowest BCUT2D eigenvalue weighted by Crippen LogP contribution is -2.52. The number of fused-ring (bicyclic) bond motifs is 1. The normalized spacial score (nSPS) is 19.9. The number of piperazine rings is 1. The largest absolute Gasteiger partial charge is 0.489 e. The third kappa shape index (κ3) is 5.78. The molecule has 2 fully saturated rings. The van der Waals surface area contributed by atoms with E-state index in [4.69, 9.17) is 4.74 Å². The first kappa shape index (κ1) is 26.2. The Hall–Kier alpha value is -4.01. The Bertz CT molecular complexity index is 1380. The number of carbonyl (C=O) groups is 3. The number of carbonyl (C=O) groups excluding carboxylic acids is 3. The average molecular weight is 539 g/mol. The summed E-state index contributed by atoms with van der Waals surface area (Å²) in [5, 5.41) is 2.35. The molecule has 3 aromatic rings. The van der Waals surface area contributed by atoms with Gasteiger partial charge >= 0.3 is 0 Å². The highest BCUT2D eigenvalue weighted by molar-refractivity contribution is 6.05. The molecule has 8 nitrogen and oxygen atoms in total. The number of piperidine rings is 1. The van der Waals surface area contributed by atoms with Crippen LogP contribution >= 0.6 is 0 Å². The van der Waals surface area contributed by atoms with E-state index >= 15 is 0 Å². The number of benzene rings is 3. The summed E-state index contributed by atoms with van der Waals surface area (Å²) in [6, 6.07) is 24.0.